The third kappa shape index (κ3) is 13.1. The monoisotopic (exact) mass is 200 g/mol. The van der Waals surface area contributed by atoms with Crippen LogP contribution >= 0.6 is 0 Å². The van der Waals surface area contributed by atoms with Gasteiger partial charge in [0.25, 0.3) is 0 Å². The van der Waals surface area contributed by atoms with Crippen LogP contribution in [0.4, 0.5) is 0 Å². The van der Waals surface area contributed by atoms with Crippen molar-refractivity contribution in [2.75, 3.05) is 33.2 Å². The summed E-state index contributed by atoms with van der Waals surface area (Å²) in [6, 6.07) is 0. The van der Waals surface area contributed by atoms with E-state index in [2.05, 4.69) is 35.0 Å². The molecule has 1 heterocycles. The third-order valence-electron chi connectivity index (χ3n) is 1.54. The fraction of sp³-hybridized carbons (Fsp3) is 0.600. The summed E-state index contributed by atoms with van der Waals surface area (Å²) in [5, 5.41) is 15.3. The molecule has 84 valence electrons. The Bertz CT molecular complexity index is 236. The van der Waals surface area contributed by atoms with E-state index in [-0.39, 0.29) is 5.71 Å². The summed E-state index contributed by atoms with van der Waals surface area (Å²) in [5.74, 6) is 7.08. The summed E-state index contributed by atoms with van der Waals surface area (Å²) in [6.45, 7) is 6.45. The lowest BCUT2D eigenvalue weighted by Gasteiger charge is -2.21. The number of hydrogen-bond donors (Lipinski definition) is 1. The lowest BCUT2D eigenvalue weighted by Crippen LogP contribution is -2.40. The average Bonchev–Trinajstić information content (AvgIpc) is 2.24. The number of nitrogens with one attached hydrogen (secondary N) is 1. The molecule has 0 radical (unpaired) electrons. The smallest absolute Gasteiger partial charge is 0.0104 e. The van der Waals surface area contributed by atoms with E-state index in [1.165, 1.54) is 13.1 Å². The highest BCUT2D eigenvalue weighted by atomic mass is 15.2. The van der Waals surface area contributed by atoms with Gasteiger partial charge in [0.2, 0.25) is 0 Å². The molecule has 0 aromatic heterocycles. The highest BCUT2D eigenvalue weighted by molar-refractivity contribution is 5.20. The minimum absolute atomic E-state index is 0. The molecule has 0 atom stereocenters. The number of likely N-dealkylation sites (N-methyl/N-ethyl adjacent to an activating group) is 1. The minimum atomic E-state index is 0. The zero-order valence-corrected chi connectivity index (χ0v) is 8.75. The maximum atomic E-state index is 6.00. The van der Waals surface area contributed by atoms with Gasteiger partial charge in [-0.05, 0) is 25.8 Å². The second-order valence-electron chi connectivity index (χ2n) is 2.57. The van der Waals surface area contributed by atoms with Crippen LogP contribution in [0.3, 0.4) is 0 Å². The van der Waals surface area contributed by atoms with E-state index in [1.807, 2.05) is 0 Å². The van der Waals surface area contributed by atoms with E-state index in [9.17, 15) is 0 Å². The third-order valence-corrected chi connectivity index (χ3v) is 1.54. The van der Waals surface area contributed by atoms with Crippen LogP contribution in [0.2, 0.25) is 0 Å². The molecule has 14 heavy (non-hydrogen) atoms. The Morgan fingerprint density at radius 2 is 1.86 bits per heavy atom. The van der Waals surface area contributed by atoms with Gasteiger partial charge in [0.05, 0.1) is 0 Å². The molecule has 0 aromatic rings. The zero-order valence-electron chi connectivity index (χ0n) is 8.75. The Morgan fingerprint density at radius 1 is 1.36 bits per heavy atom. The normalized spacial score (nSPS) is 13.9. The Labute approximate surface area is 92.0 Å². The molecule has 0 amide bonds. The fourth-order valence-corrected chi connectivity index (χ4v) is 0.849. The Hall–Kier alpha value is -1.54. The van der Waals surface area contributed by atoms with Crippen LogP contribution in [-0.2, 0) is 0 Å². The molecule has 4 nitrogen and oxygen atoms in total. The van der Waals surface area contributed by atoms with Gasteiger partial charge < -0.3 is 10.2 Å². The first-order valence-corrected chi connectivity index (χ1v) is 4.28. The van der Waals surface area contributed by atoms with E-state index in [0.717, 1.165) is 13.1 Å². The molecule has 1 N–H and O–H groups in total. The fourth-order valence-electron chi connectivity index (χ4n) is 0.849. The van der Waals surface area contributed by atoms with Crippen LogP contribution in [0.15, 0.2) is 0 Å². The number of terminal acetylenes is 1. The standard InChI is InChI=1S/C5H12N2.C5H4.N2.4H2/c1-7-4-2-6-3-5-7;1-3-5-4-2;1-2;;;;/h6H,2-5H2,1H3;1H,2H3;;4*1H. The van der Waals surface area contributed by atoms with Gasteiger partial charge in [-0.1, -0.05) is 5.92 Å². The van der Waals surface area contributed by atoms with Crippen molar-refractivity contribution < 1.29 is 5.71 Å². The predicted molar refractivity (Wildman–Crippen MR) is 64.6 cm³/mol. The summed E-state index contributed by atoms with van der Waals surface area (Å²) < 4.78 is 0. The maximum absolute atomic E-state index is 6.00. The van der Waals surface area contributed by atoms with Crippen LogP contribution in [-0.4, -0.2) is 38.1 Å². The Kier molecular flexibility index (Phi) is 15.0. The van der Waals surface area contributed by atoms with Crippen LogP contribution in [0, 0.1) is 35.0 Å². The minimum Gasteiger partial charge on any atom is -0.314 e. The molecule has 4 heteroatoms. The summed E-state index contributed by atoms with van der Waals surface area (Å²) >= 11 is 0. The molecule has 1 rings (SSSR count). The van der Waals surface area contributed by atoms with E-state index < -0.39 is 0 Å². The van der Waals surface area contributed by atoms with Gasteiger partial charge in [0, 0.05) is 42.7 Å². The van der Waals surface area contributed by atoms with Gasteiger partial charge in [-0.15, -0.1) is 6.42 Å². The van der Waals surface area contributed by atoms with E-state index in [4.69, 9.17) is 17.2 Å². The molecular weight excluding hydrogens is 176 g/mol. The summed E-state index contributed by atoms with van der Waals surface area (Å²) in [5.41, 5.74) is 0. The molecule has 1 aliphatic rings. The number of hydrogen-bond acceptors (Lipinski definition) is 4. The molecule has 0 spiro atoms. The highest BCUT2D eigenvalue weighted by Crippen LogP contribution is 1.82. The largest absolute Gasteiger partial charge is 0.314 e. The van der Waals surface area contributed by atoms with Gasteiger partial charge in [0.15, 0.2) is 0 Å². The number of piperazine rings is 1. The van der Waals surface area contributed by atoms with Crippen molar-refractivity contribution in [1.29, 1.82) is 10.8 Å². The molecule has 0 aliphatic carbocycles. The molecule has 0 aromatic carbocycles. The van der Waals surface area contributed by atoms with Crippen molar-refractivity contribution in [3.63, 3.8) is 0 Å². The van der Waals surface area contributed by atoms with Crippen molar-refractivity contribution in [3.8, 4) is 24.2 Å². The first-order chi connectivity index (χ1) is 6.81. The lowest BCUT2D eigenvalue weighted by molar-refractivity contribution is 0.291. The van der Waals surface area contributed by atoms with Gasteiger partial charge in [-0.2, -0.15) is 0 Å². The van der Waals surface area contributed by atoms with Crippen LogP contribution in [0.25, 0.3) is 0 Å². The molecule has 0 unspecified atom stereocenters. The van der Waals surface area contributed by atoms with Gasteiger partial charge >= 0.3 is 0 Å². The number of rotatable bonds is 0. The van der Waals surface area contributed by atoms with Crippen molar-refractivity contribution in [2.45, 2.75) is 6.92 Å². The average molecular weight is 200 g/mol. The van der Waals surface area contributed by atoms with Crippen LogP contribution in [0.5, 0.6) is 0 Å². The Balaban J connectivity index is -0.0000000302. The zero-order chi connectivity index (χ0) is 11.2. The van der Waals surface area contributed by atoms with Crippen molar-refractivity contribution in [3.05, 3.63) is 0 Å². The van der Waals surface area contributed by atoms with E-state index >= 15 is 0 Å². The van der Waals surface area contributed by atoms with Gasteiger partial charge in [0.1, 0.15) is 0 Å². The summed E-state index contributed by atoms with van der Waals surface area (Å²) in [7, 11) is 2.15. The van der Waals surface area contributed by atoms with Crippen LogP contribution in [0.1, 0.15) is 12.6 Å². The summed E-state index contributed by atoms with van der Waals surface area (Å²) in [6.07, 6.45) is 4.72. The highest BCUT2D eigenvalue weighted by Gasteiger charge is 2.01. The van der Waals surface area contributed by atoms with Crippen LogP contribution < -0.4 is 5.32 Å². The van der Waals surface area contributed by atoms with Gasteiger partial charge in [-0.25, -0.2) is 0 Å². The molecule has 1 fully saturated rings. The first-order valence-electron chi connectivity index (χ1n) is 4.28. The molecule has 1 saturated heterocycles. The maximum Gasteiger partial charge on any atom is 0.0104 e. The molecule has 0 saturated carbocycles. The van der Waals surface area contributed by atoms with E-state index in [0.29, 0.717) is 0 Å². The van der Waals surface area contributed by atoms with E-state index in [1.54, 1.807) is 6.92 Å². The lowest BCUT2D eigenvalue weighted by atomic mass is 10.4. The second kappa shape index (κ2) is 14.0. The molecule has 1 aliphatic heterocycles. The summed E-state index contributed by atoms with van der Waals surface area (Å²) in [4.78, 5) is 2.33. The SMILES string of the molecule is C#CC#CC.CN1CCNCC1.N#N.[HH].[HH].[HH].[HH]. The predicted octanol–water partition coefficient (Wildman–Crippen LogP) is 1.18. The first kappa shape index (κ1) is 15.0. The Morgan fingerprint density at radius 3 is 2.00 bits per heavy atom. The quantitative estimate of drug-likeness (QED) is 0.471. The van der Waals surface area contributed by atoms with Crippen molar-refractivity contribution >= 4 is 0 Å². The second-order valence-corrected chi connectivity index (χ2v) is 2.57. The molecular formula is C10H24N4. The van der Waals surface area contributed by atoms with Crippen molar-refractivity contribution in [2.24, 2.45) is 0 Å². The topological polar surface area (TPSA) is 62.9 Å². The van der Waals surface area contributed by atoms with Gasteiger partial charge in [-0.3, -0.25) is 0 Å². The molecule has 0 bridgehead atoms. The van der Waals surface area contributed by atoms with Crippen molar-refractivity contribution in [1.82, 2.24) is 10.2 Å². The number of nitrogens with zero attached hydrogens (tertiary/aromatic N) is 3.